The van der Waals surface area contributed by atoms with Crippen LogP contribution in [-0.2, 0) is 11.3 Å². The van der Waals surface area contributed by atoms with Crippen molar-refractivity contribution in [3.8, 4) is 0 Å². The summed E-state index contributed by atoms with van der Waals surface area (Å²) >= 11 is 5.92. The van der Waals surface area contributed by atoms with Crippen LogP contribution in [0.5, 0.6) is 0 Å². The molecule has 0 atom stereocenters. The van der Waals surface area contributed by atoms with Crippen LogP contribution < -0.4 is 10.2 Å². The van der Waals surface area contributed by atoms with E-state index < -0.39 is 0 Å². The number of nitrogens with one attached hydrogen (secondary N) is 1. The van der Waals surface area contributed by atoms with E-state index in [4.69, 9.17) is 11.6 Å². The van der Waals surface area contributed by atoms with Crippen LogP contribution in [0.15, 0.2) is 48.5 Å². The largest absolute Gasteiger partial charge is 0.372 e. The van der Waals surface area contributed by atoms with Gasteiger partial charge in [-0.05, 0) is 55.7 Å². The van der Waals surface area contributed by atoms with Crippen LogP contribution >= 0.6 is 11.6 Å². The van der Waals surface area contributed by atoms with Crippen molar-refractivity contribution in [1.29, 1.82) is 0 Å². The number of rotatable bonds is 10. The van der Waals surface area contributed by atoms with Gasteiger partial charge in [-0.1, -0.05) is 35.9 Å². The molecular weight excluding hydrogens is 412 g/mol. The van der Waals surface area contributed by atoms with Gasteiger partial charge >= 0.3 is 6.03 Å². The van der Waals surface area contributed by atoms with Gasteiger partial charge in [0, 0.05) is 50.0 Å². The molecule has 0 bridgehead atoms. The van der Waals surface area contributed by atoms with Gasteiger partial charge in [0.15, 0.2) is 0 Å². The van der Waals surface area contributed by atoms with Gasteiger partial charge in [0.1, 0.15) is 6.54 Å². The zero-order chi connectivity index (χ0) is 22.2. The Morgan fingerprint density at radius 2 is 1.87 bits per heavy atom. The fourth-order valence-corrected chi connectivity index (χ4v) is 3.88. The first-order valence-electron chi connectivity index (χ1n) is 10.8. The molecule has 1 saturated heterocycles. The Kier molecular flexibility index (Phi) is 8.18. The minimum absolute atomic E-state index is 0.0956. The molecule has 1 aliphatic rings. The molecule has 0 saturated carbocycles. The third-order valence-electron chi connectivity index (χ3n) is 5.48. The quantitative estimate of drug-likeness (QED) is 0.567. The van der Waals surface area contributed by atoms with E-state index in [0.717, 1.165) is 25.1 Å². The smallest absolute Gasteiger partial charge is 0.320 e. The number of aryl methyl sites for hydroxylation is 1. The van der Waals surface area contributed by atoms with Gasteiger partial charge in [-0.3, -0.25) is 4.79 Å². The number of amides is 3. The van der Waals surface area contributed by atoms with Gasteiger partial charge in [-0.2, -0.15) is 0 Å². The lowest BCUT2D eigenvalue weighted by Crippen LogP contribution is -2.40. The van der Waals surface area contributed by atoms with Crippen LogP contribution in [0.3, 0.4) is 0 Å². The number of hydrogen-bond donors (Lipinski definition) is 1. The predicted octanol–water partition coefficient (Wildman–Crippen LogP) is 3.92. The second-order valence-corrected chi connectivity index (χ2v) is 8.31. The van der Waals surface area contributed by atoms with Crippen molar-refractivity contribution in [3.05, 3.63) is 64.7 Å². The Morgan fingerprint density at radius 1 is 1.13 bits per heavy atom. The van der Waals surface area contributed by atoms with Crippen molar-refractivity contribution >= 4 is 29.2 Å². The molecule has 31 heavy (non-hydrogen) atoms. The fourth-order valence-electron chi connectivity index (χ4n) is 3.76. The van der Waals surface area contributed by atoms with Gasteiger partial charge in [0.05, 0.1) is 0 Å². The number of carbonyl (C=O) groups excluding carboxylic acids is 2. The van der Waals surface area contributed by atoms with Crippen LogP contribution in [0.1, 0.15) is 24.5 Å². The lowest BCUT2D eigenvalue weighted by atomic mass is 10.2. The first kappa shape index (κ1) is 22.9. The van der Waals surface area contributed by atoms with Crippen molar-refractivity contribution < 1.29 is 9.59 Å². The van der Waals surface area contributed by atoms with Crippen LogP contribution in [-0.4, -0.2) is 61.0 Å². The Hall–Kier alpha value is -2.73. The Labute approximate surface area is 189 Å². The number of urea groups is 1. The van der Waals surface area contributed by atoms with E-state index in [1.807, 2.05) is 24.3 Å². The maximum Gasteiger partial charge on any atom is 0.320 e. The highest BCUT2D eigenvalue weighted by Gasteiger charge is 2.29. The molecule has 1 fully saturated rings. The summed E-state index contributed by atoms with van der Waals surface area (Å²) in [7, 11) is 0. The maximum atomic E-state index is 12.6. The van der Waals surface area contributed by atoms with E-state index in [0.29, 0.717) is 31.2 Å². The molecule has 7 heteroatoms. The van der Waals surface area contributed by atoms with E-state index >= 15 is 0 Å². The molecular formula is C24H31ClN4O2. The number of carbonyl (C=O) groups is 2. The van der Waals surface area contributed by atoms with Crippen molar-refractivity contribution in [2.45, 2.75) is 26.8 Å². The van der Waals surface area contributed by atoms with Crippen molar-refractivity contribution in [2.24, 2.45) is 0 Å². The zero-order valence-electron chi connectivity index (χ0n) is 18.3. The van der Waals surface area contributed by atoms with E-state index in [1.54, 1.807) is 9.80 Å². The summed E-state index contributed by atoms with van der Waals surface area (Å²) in [4.78, 5) is 30.6. The van der Waals surface area contributed by atoms with E-state index in [9.17, 15) is 9.59 Å². The highest BCUT2D eigenvalue weighted by Crippen LogP contribution is 2.17. The fraction of sp³-hybridized carbons (Fsp3) is 0.417. The van der Waals surface area contributed by atoms with E-state index in [1.165, 1.54) is 11.3 Å². The monoisotopic (exact) mass is 442 g/mol. The highest BCUT2D eigenvalue weighted by atomic mass is 35.5. The summed E-state index contributed by atoms with van der Waals surface area (Å²) in [6.45, 7) is 8.43. The van der Waals surface area contributed by atoms with Crippen molar-refractivity contribution in [3.63, 3.8) is 0 Å². The number of halogens is 1. The van der Waals surface area contributed by atoms with Gasteiger partial charge in [-0.15, -0.1) is 0 Å². The third-order valence-corrected chi connectivity index (χ3v) is 5.73. The van der Waals surface area contributed by atoms with Crippen molar-refractivity contribution in [2.75, 3.05) is 44.2 Å². The molecule has 0 aliphatic carbocycles. The van der Waals surface area contributed by atoms with Crippen LogP contribution in [0.4, 0.5) is 10.5 Å². The second kappa shape index (κ2) is 11.0. The summed E-state index contributed by atoms with van der Waals surface area (Å²) in [5.74, 6) is -0.111. The van der Waals surface area contributed by atoms with Crippen LogP contribution in [0.25, 0.3) is 0 Å². The number of anilines is 1. The van der Waals surface area contributed by atoms with Crippen LogP contribution in [0, 0.1) is 6.92 Å². The Bertz CT molecular complexity index is 887. The number of benzene rings is 2. The molecule has 166 valence electrons. The molecule has 2 aromatic rings. The summed E-state index contributed by atoms with van der Waals surface area (Å²) in [6.07, 6.45) is 0.851. The Balaban J connectivity index is 1.38. The van der Waals surface area contributed by atoms with Gasteiger partial charge in [0.2, 0.25) is 5.91 Å². The van der Waals surface area contributed by atoms with Crippen molar-refractivity contribution in [1.82, 2.24) is 15.1 Å². The van der Waals surface area contributed by atoms with Crippen LogP contribution in [0.2, 0.25) is 5.02 Å². The first-order chi connectivity index (χ1) is 15.0. The molecule has 1 N–H and O–H groups in total. The SMILES string of the molecule is CCN(CCCNC(=O)CN1CCN(Cc2ccc(Cl)cc2)C1=O)c1cccc(C)c1. The molecule has 1 aliphatic heterocycles. The minimum Gasteiger partial charge on any atom is -0.372 e. The zero-order valence-corrected chi connectivity index (χ0v) is 19.1. The lowest BCUT2D eigenvalue weighted by molar-refractivity contribution is -0.121. The topological polar surface area (TPSA) is 55.9 Å². The molecule has 0 aromatic heterocycles. The summed E-state index contributed by atoms with van der Waals surface area (Å²) in [5, 5.41) is 3.63. The number of hydrogen-bond acceptors (Lipinski definition) is 3. The first-order valence-corrected chi connectivity index (χ1v) is 11.2. The molecule has 1 heterocycles. The molecule has 0 spiro atoms. The highest BCUT2D eigenvalue weighted by molar-refractivity contribution is 6.30. The Morgan fingerprint density at radius 3 is 2.58 bits per heavy atom. The van der Waals surface area contributed by atoms with Gasteiger partial charge in [0.25, 0.3) is 0 Å². The average Bonchev–Trinajstić information content (AvgIpc) is 3.09. The summed E-state index contributed by atoms with van der Waals surface area (Å²) < 4.78 is 0. The summed E-state index contributed by atoms with van der Waals surface area (Å²) in [6, 6.07) is 15.8. The molecule has 0 radical (unpaired) electrons. The van der Waals surface area contributed by atoms with E-state index in [-0.39, 0.29) is 18.5 Å². The minimum atomic E-state index is -0.111. The number of nitrogens with zero attached hydrogens (tertiary/aromatic N) is 3. The second-order valence-electron chi connectivity index (χ2n) is 7.87. The summed E-state index contributed by atoms with van der Waals surface area (Å²) in [5.41, 5.74) is 3.47. The standard InChI is InChI=1S/C24H31ClN4O2/c1-3-27(22-7-4-6-19(2)16-22)13-5-12-26-23(30)18-29-15-14-28(24(29)31)17-20-8-10-21(25)11-9-20/h4,6-11,16H,3,5,12-15,17-18H2,1-2H3,(H,26,30). The van der Waals surface area contributed by atoms with Gasteiger partial charge < -0.3 is 20.0 Å². The molecule has 2 aromatic carbocycles. The maximum absolute atomic E-state index is 12.6. The average molecular weight is 443 g/mol. The molecule has 3 rings (SSSR count). The molecule has 6 nitrogen and oxygen atoms in total. The van der Waals surface area contributed by atoms with Gasteiger partial charge in [-0.25, -0.2) is 4.79 Å². The molecule has 0 unspecified atom stereocenters. The molecule has 3 amide bonds. The predicted molar refractivity (Wildman–Crippen MR) is 126 cm³/mol. The normalized spacial score (nSPS) is 13.6. The van der Waals surface area contributed by atoms with E-state index in [2.05, 4.69) is 48.3 Å². The lowest BCUT2D eigenvalue weighted by Gasteiger charge is -2.23. The third kappa shape index (κ3) is 6.62.